The van der Waals surface area contributed by atoms with Crippen molar-refractivity contribution in [2.45, 2.75) is 0 Å². The third kappa shape index (κ3) is 4.10. The summed E-state index contributed by atoms with van der Waals surface area (Å²) in [6.07, 6.45) is 1.08. The Bertz CT molecular complexity index is 601. The lowest BCUT2D eigenvalue weighted by Gasteiger charge is -2.20. The summed E-state index contributed by atoms with van der Waals surface area (Å²) < 4.78 is 24.0. The van der Waals surface area contributed by atoms with Gasteiger partial charge in [-0.2, -0.15) is 0 Å². The Morgan fingerprint density at radius 2 is 1.90 bits per heavy atom. The minimum atomic E-state index is -3.22. The Morgan fingerprint density at radius 3 is 2.60 bits per heavy atom. The second-order valence-corrected chi connectivity index (χ2v) is 6.37. The van der Waals surface area contributed by atoms with E-state index in [1.165, 1.54) is 0 Å². The molecule has 1 aromatic carbocycles. The van der Waals surface area contributed by atoms with Crippen molar-refractivity contribution in [1.29, 1.82) is 0 Å². The van der Waals surface area contributed by atoms with Gasteiger partial charge in [0, 0.05) is 31.7 Å². The fourth-order valence-corrected chi connectivity index (χ4v) is 2.37. The maximum Gasteiger partial charge on any atom is 0.251 e. The molecule has 1 heterocycles. The molecule has 2 rings (SSSR count). The summed E-state index contributed by atoms with van der Waals surface area (Å²) in [5.41, 5.74) is 2.42. The van der Waals surface area contributed by atoms with E-state index in [9.17, 15) is 13.2 Å². The molecule has 0 aromatic heterocycles. The molecule has 1 amide bonds. The van der Waals surface area contributed by atoms with Crippen molar-refractivity contribution in [2.24, 2.45) is 0 Å². The van der Waals surface area contributed by atoms with Gasteiger partial charge in [-0.05, 0) is 18.2 Å². The van der Waals surface area contributed by atoms with Crippen LogP contribution in [0.1, 0.15) is 10.4 Å². The van der Waals surface area contributed by atoms with Crippen LogP contribution >= 0.6 is 0 Å². The van der Waals surface area contributed by atoms with E-state index in [1.54, 1.807) is 12.1 Å². The highest BCUT2D eigenvalue weighted by atomic mass is 32.2. The number of carbonyl (C=O) groups is 1. The van der Waals surface area contributed by atoms with Crippen molar-refractivity contribution < 1.29 is 13.2 Å². The van der Waals surface area contributed by atoms with E-state index in [-0.39, 0.29) is 19.0 Å². The molecule has 0 fully saturated rings. The van der Waals surface area contributed by atoms with Crippen LogP contribution in [0, 0.1) is 0 Å². The summed E-state index contributed by atoms with van der Waals surface area (Å²) >= 11 is 0. The SMILES string of the molecule is CS(=O)(=O)NCCNC(=O)c1ccc2c(c1)NCCN2. The van der Waals surface area contributed by atoms with Crippen LogP contribution in [0.3, 0.4) is 0 Å². The second kappa shape index (κ2) is 6.10. The van der Waals surface area contributed by atoms with Gasteiger partial charge >= 0.3 is 0 Å². The lowest BCUT2D eigenvalue weighted by Crippen LogP contribution is -2.34. The molecule has 0 saturated carbocycles. The number of anilines is 2. The van der Waals surface area contributed by atoms with Crippen molar-refractivity contribution in [3.63, 3.8) is 0 Å². The number of hydrogen-bond donors (Lipinski definition) is 4. The molecule has 110 valence electrons. The van der Waals surface area contributed by atoms with Crippen LogP contribution in [0.4, 0.5) is 11.4 Å². The smallest absolute Gasteiger partial charge is 0.251 e. The maximum atomic E-state index is 11.9. The van der Waals surface area contributed by atoms with Crippen molar-refractivity contribution in [3.05, 3.63) is 23.8 Å². The number of amides is 1. The van der Waals surface area contributed by atoms with Crippen LogP contribution in [0.15, 0.2) is 18.2 Å². The van der Waals surface area contributed by atoms with Crippen LogP contribution in [0.2, 0.25) is 0 Å². The molecule has 0 aliphatic carbocycles. The summed E-state index contributed by atoms with van der Waals surface area (Å²) in [6.45, 7) is 2.09. The third-order valence-corrected chi connectivity index (χ3v) is 3.54. The van der Waals surface area contributed by atoms with Crippen molar-refractivity contribution in [1.82, 2.24) is 10.0 Å². The molecule has 0 spiro atoms. The molecular formula is C12H18N4O3S. The molecule has 1 aromatic rings. The predicted molar refractivity (Wildman–Crippen MR) is 78.6 cm³/mol. The molecule has 7 nitrogen and oxygen atoms in total. The van der Waals surface area contributed by atoms with Gasteiger partial charge in [0.1, 0.15) is 0 Å². The Labute approximate surface area is 118 Å². The van der Waals surface area contributed by atoms with Gasteiger partial charge in [-0.25, -0.2) is 13.1 Å². The first-order valence-corrected chi connectivity index (χ1v) is 8.19. The van der Waals surface area contributed by atoms with E-state index in [0.717, 1.165) is 30.7 Å². The number of rotatable bonds is 5. The maximum absolute atomic E-state index is 11.9. The van der Waals surface area contributed by atoms with Gasteiger partial charge < -0.3 is 16.0 Å². The van der Waals surface area contributed by atoms with Gasteiger partial charge in [0.2, 0.25) is 10.0 Å². The van der Waals surface area contributed by atoms with Gasteiger partial charge in [0.05, 0.1) is 17.6 Å². The van der Waals surface area contributed by atoms with Gasteiger partial charge in [-0.3, -0.25) is 4.79 Å². The van der Waals surface area contributed by atoms with Gasteiger partial charge in [-0.1, -0.05) is 0 Å². The van der Waals surface area contributed by atoms with Gasteiger partial charge in [0.15, 0.2) is 0 Å². The lowest BCUT2D eigenvalue weighted by atomic mass is 10.1. The highest BCUT2D eigenvalue weighted by Gasteiger charge is 2.11. The van der Waals surface area contributed by atoms with E-state index in [1.807, 2.05) is 6.07 Å². The first-order valence-electron chi connectivity index (χ1n) is 6.30. The summed E-state index contributed by atoms with van der Waals surface area (Å²) in [6, 6.07) is 5.37. The normalized spacial score (nSPS) is 13.8. The van der Waals surface area contributed by atoms with Crippen LogP contribution in [0.25, 0.3) is 0 Å². The van der Waals surface area contributed by atoms with Crippen LogP contribution < -0.4 is 20.7 Å². The quantitative estimate of drug-likeness (QED) is 0.564. The second-order valence-electron chi connectivity index (χ2n) is 4.54. The molecule has 20 heavy (non-hydrogen) atoms. The molecule has 4 N–H and O–H groups in total. The summed E-state index contributed by atoms with van der Waals surface area (Å²) in [5, 5.41) is 9.10. The summed E-state index contributed by atoms with van der Waals surface area (Å²) in [7, 11) is -3.22. The van der Waals surface area contributed by atoms with Crippen LogP contribution in [-0.2, 0) is 10.0 Å². The van der Waals surface area contributed by atoms with E-state index >= 15 is 0 Å². The van der Waals surface area contributed by atoms with Crippen molar-refractivity contribution in [3.8, 4) is 0 Å². The standard InChI is InChI=1S/C12H18N4O3S/c1-20(18,19)16-7-6-15-12(17)9-2-3-10-11(8-9)14-5-4-13-10/h2-3,8,13-14,16H,4-7H2,1H3,(H,15,17). The number of carbonyl (C=O) groups excluding carboxylic acids is 1. The first-order chi connectivity index (χ1) is 9.46. The molecule has 1 aliphatic rings. The highest BCUT2D eigenvalue weighted by molar-refractivity contribution is 7.88. The molecule has 0 radical (unpaired) electrons. The fourth-order valence-electron chi connectivity index (χ4n) is 1.89. The minimum Gasteiger partial charge on any atom is -0.382 e. The fraction of sp³-hybridized carbons (Fsp3) is 0.417. The zero-order valence-corrected chi connectivity index (χ0v) is 12.0. The average Bonchev–Trinajstić information content (AvgIpc) is 2.42. The Balaban J connectivity index is 1.89. The molecule has 0 saturated heterocycles. The topological polar surface area (TPSA) is 99.3 Å². The van der Waals surface area contributed by atoms with E-state index in [4.69, 9.17) is 0 Å². The first kappa shape index (κ1) is 14.6. The Kier molecular flexibility index (Phi) is 4.46. The number of nitrogens with one attached hydrogen (secondary N) is 4. The number of benzene rings is 1. The molecular weight excluding hydrogens is 280 g/mol. The molecule has 1 aliphatic heterocycles. The Morgan fingerprint density at radius 1 is 1.20 bits per heavy atom. The van der Waals surface area contributed by atoms with Crippen LogP contribution in [-0.4, -0.2) is 46.8 Å². The molecule has 0 atom stereocenters. The monoisotopic (exact) mass is 298 g/mol. The van der Waals surface area contributed by atoms with E-state index in [2.05, 4.69) is 20.7 Å². The largest absolute Gasteiger partial charge is 0.382 e. The number of hydrogen-bond acceptors (Lipinski definition) is 5. The van der Waals surface area contributed by atoms with Gasteiger partial charge in [0.25, 0.3) is 5.91 Å². The average molecular weight is 298 g/mol. The predicted octanol–water partition coefficient (Wildman–Crippen LogP) is -0.197. The van der Waals surface area contributed by atoms with Crippen LogP contribution in [0.5, 0.6) is 0 Å². The highest BCUT2D eigenvalue weighted by Crippen LogP contribution is 2.25. The molecule has 0 bridgehead atoms. The van der Waals surface area contributed by atoms with Crippen molar-refractivity contribution >= 4 is 27.3 Å². The molecule has 8 heteroatoms. The zero-order valence-electron chi connectivity index (χ0n) is 11.2. The summed E-state index contributed by atoms with van der Waals surface area (Å²) in [5.74, 6) is -0.226. The third-order valence-electron chi connectivity index (χ3n) is 2.81. The lowest BCUT2D eigenvalue weighted by molar-refractivity contribution is 0.0954. The van der Waals surface area contributed by atoms with E-state index in [0.29, 0.717) is 5.56 Å². The van der Waals surface area contributed by atoms with Crippen molar-refractivity contribution in [2.75, 3.05) is 43.1 Å². The zero-order chi connectivity index (χ0) is 14.6. The number of fused-ring (bicyclic) bond motifs is 1. The molecule has 0 unspecified atom stereocenters. The number of sulfonamides is 1. The van der Waals surface area contributed by atoms with Gasteiger partial charge in [-0.15, -0.1) is 0 Å². The minimum absolute atomic E-state index is 0.176. The van der Waals surface area contributed by atoms with E-state index < -0.39 is 10.0 Å². The summed E-state index contributed by atoms with van der Waals surface area (Å²) in [4.78, 5) is 11.9. The Hall–Kier alpha value is -1.80.